The Labute approximate surface area is 156 Å². The predicted octanol–water partition coefficient (Wildman–Crippen LogP) is 1.13. The van der Waals surface area contributed by atoms with Crippen LogP contribution in [0.5, 0.6) is 0 Å². The molecule has 10 nitrogen and oxygen atoms in total. The van der Waals surface area contributed by atoms with Gasteiger partial charge in [-0.3, -0.25) is 9.59 Å². The number of hydrogen-bond acceptors (Lipinski definition) is 10. The van der Waals surface area contributed by atoms with Crippen LogP contribution in [0.25, 0.3) is 0 Å². The first-order valence-corrected chi connectivity index (χ1v) is 8.61. The van der Waals surface area contributed by atoms with Crippen LogP contribution >= 0.6 is 0 Å². The average Bonchev–Trinajstić information content (AvgIpc) is 3.14. The Hall–Kier alpha value is -2.33. The van der Waals surface area contributed by atoms with Gasteiger partial charge in [-0.15, -0.1) is 0 Å². The molecule has 0 unspecified atom stereocenters. The fourth-order valence-corrected chi connectivity index (χ4v) is 2.36. The summed E-state index contributed by atoms with van der Waals surface area (Å²) >= 11 is 0. The molecule has 2 aliphatic rings. The van der Waals surface area contributed by atoms with Crippen molar-refractivity contribution in [3.8, 4) is 0 Å². The molecule has 0 N–H and O–H groups in total. The van der Waals surface area contributed by atoms with Gasteiger partial charge in [-0.25, -0.2) is 4.79 Å². The predicted molar refractivity (Wildman–Crippen MR) is 86.5 cm³/mol. The Kier molecular flexibility index (Phi) is 7.03. The Morgan fingerprint density at radius 2 is 1.67 bits per heavy atom. The summed E-state index contributed by atoms with van der Waals surface area (Å²) in [6.45, 7) is 5.93. The van der Waals surface area contributed by atoms with Crippen molar-refractivity contribution in [1.82, 2.24) is 0 Å². The highest BCUT2D eigenvalue weighted by Gasteiger charge is 2.48. The minimum Gasteiger partial charge on any atom is -0.453 e. The van der Waals surface area contributed by atoms with Crippen molar-refractivity contribution < 1.29 is 47.5 Å². The normalized spacial score (nSPS) is 23.8. The number of hydrogen-bond donors (Lipinski definition) is 0. The molecule has 0 spiro atoms. The van der Waals surface area contributed by atoms with Gasteiger partial charge in [0, 0.05) is 12.8 Å². The van der Waals surface area contributed by atoms with E-state index in [9.17, 15) is 14.4 Å². The first-order valence-electron chi connectivity index (χ1n) is 8.61. The van der Waals surface area contributed by atoms with E-state index < -0.39 is 49.5 Å². The van der Waals surface area contributed by atoms with Crippen LogP contribution in [0.1, 0.15) is 40.5 Å². The van der Waals surface area contributed by atoms with Crippen LogP contribution < -0.4 is 0 Å². The minimum absolute atomic E-state index is 0.0113. The third kappa shape index (κ3) is 5.57. The van der Waals surface area contributed by atoms with Gasteiger partial charge in [-0.1, -0.05) is 13.8 Å². The second-order valence-electron chi connectivity index (χ2n) is 6.15. The zero-order valence-corrected chi connectivity index (χ0v) is 15.8. The fraction of sp³-hybridized carbons (Fsp3) is 0.706. The van der Waals surface area contributed by atoms with E-state index >= 15 is 0 Å². The molecule has 0 saturated carbocycles. The second kappa shape index (κ2) is 9.05. The monoisotopic (exact) mass is 388 g/mol. The summed E-state index contributed by atoms with van der Waals surface area (Å²) < 4.78 is 36.8. The van der Waals surface area contributed by atoms with E-state index in [-0.39, 0.29) is 31.0 Å². The van der Waals surface area contributed by atoms with E-state index in [0.29, 0.717) is 0 Å². The summed E-state index contributed by atoms with van der Waals surface area (Å²) in [5, 5.41) is 0. The van der Waals surface area contributed by atoms with Crippen LogP contribution in [-0.2, 0) is 47.5 Å². The molecule has 2 aliphatic heterocycles. The molecule has 0 radical (unpaired) electrons. The maximum atomic E-state index is 12.2. The van der Waals surface area contributed by atoms with Crippen molar-refractivity contribution in [3.05, 3.63) is 11.5 Å². The maximum absolute atomic E-state index is 12.2. The van der Waals surface area contributed by atoms with Gasteiger partial charge in [-0.05, 0) is 13.8 Å². The van der Waals surface area contributed by atoms with Gasteiger partial charge in [0.25, 0.3) is 0 Å². The van der Waals surface area contributed by atoms with Crippen LogP contribution in [0.3, 0.4) is 0 Å². The quantitative estimate of drug-likeness (QED) is 0.323. The van der Waals surface area contributed by atoms with Crippen LogP contribution in [0.15, 0.2) is 11.5 Å². The van der Waals surface area contributed by atoms with Gasteiger partial charge in [0.1, 0.15) is 6.10 Å². The lowest BCUT2D eigenvalue weighted by Crippen LogP contribution is -2.33. The van der Waals surface area contributed by atoms with Gasteiger partial charge in [-0.2, -0.15) is 0 Å². The highest BCUT2D eigenvalue weighted by atomic mass is 16.8. The SMILES string of the molecule is CCC(=O)OCOC1=C(OCOC(=O)CC)[C@@H]([C@@H]2COC(C)(C)O2)OC1=O. The van der Waals surface area contributed by atoms with E-state index in [1.807, 2.05) is 0 Å². The second-order valence-corrected chi connectivity index (χ2v) is 6.15. The van der Waals surface area contributed by atoms with Crippen molar-refractivity contribution in [1.29, 1.82) is 0 Å². The highest BCUT2D eigenvalue weighted by molar-refractivity contribution is 5.89. The smallest absolute Gasteiger partial charge is 0.378 e. The highest BCUT2D eigenvalue weighted by Crippen LogP contribution is 2.34. The molecular weight excluding hydrogens is 364 g/mol. The summed E-state index contributed by atoms with van der Waals surface area (Å²) in [6, 6.07) is 0. The topological polar surface area (TPSA) is 116 Å². The molecule has 152 valence electrons. The van der Waals surface area contributed by atoms with Crippen LogP contribution in [0.4, 0.5) is 0 Å². The minimum atomic E-state index is -0.948. The van der Waals surface area contributed by atoms with Crippen LogP contribution in [0, 0.1) is 0 Å². The Morgan fingerprint density at radius 1 is 1.07 bits per heavy atom. The van der Waals surface area contributed by atoms with Crippen molar-refractivity contribution in [2.75, 3.05) is 20.2 Å². The van der Waals surface area contributed by atoms with E-state index in [1.165, 1.54) is 0 Å². The fourth-order valence-electron chi connectivity index (χ4n) is 2.36. The summed E-state index contributed by atoms with van der Waals surface area (Å²) in [4.78, 5) is 34.7. The molecule has 0 aromatic heterocycles. The zero-order chi connectivity index (χ0) is 20.0. The van der Waals surface area contributed by atoms with Crippen LogP contribution in [-0.4, -0.2) is 56.1 Å². The molecule has 10 heteroatoms. The molecule has 2 heterocycles. The Balaban J connectivity index is 2.11. The Morgan fingerprint density at radius 3 is 2.19 bits per heavy atom. The molecule has 0 aliphatic carbocycles. The van der Waals surface area contributed by atoms with Crippen molar-refractivity contribution in [3.63, 3.8) is 0 Å². The standard InChI is InChI=1S/C17H24O10/c1-5-11(18)21-8-23-14-13(10-7-25-17(3,4)27-10)26-16(20)15(14)24-9-22-12(19)6-2/h10,13H,5-9H2,1-4H3/t10-,13+/m0/s1. The largest absolute Gasteiger partial charge is 0.453 e. The van der Waals surface area contributed by atoms with Crippen molar-refractivity contribution in [2.24, 2.45) is 0 Å². The third-order valence-corrected chi connectivity index (χ3v) is 3.70. The van der Waals surface area contributed by atoms with Crippen molar-refractivity contribution >= 4 is 17.9 Å². The van der Waals surface area contributed by atoms with Crippen LogP contribution in [0.2, 0.25) is 0 Å². The molecule has 0 amide bonds. The number of rotatable bonds is 9. The number of esters is 3. The summed E-state index contributed by atoms with van der Waals surface area (Å²) in [5.41, 5.74) is 0. The van der Waals surface area contributed by atoms with Gasteiger partial charge in [0.05, 0.1) is 6.61 Å². The first kappa shape index (κ1) is 21.0. The lowest BCUT2D eigenvalue weighted by atomic mass is 10.2. The summed E-state index contributed by atoms with van der Waals surface area (Å²) in [6.07, 6.45) is -1.25. The molecule has 0 bridgehead atoms. The first-order chi connectivity index (χ1) is 12.8. The molecule has 1 fully saturated rings. The van der Waals surface area contributed by atoms with Gasteiger partial charge in [0.15, 0.2) is 17.7 Å². The molecule has 2 rings (SSSR count). The van der Waals surface area contributed by atoms with Gasteiger partial charge >= 0.3 is 17.9 Å². The Bertz CT molecular complexity index is 609. The maximum Gasteiger partial charge on any atom is 0.378 e. The molecule has 1 saturated heterocycles. The number of cyclic esters (lactones) is 1. The zero-order valence-electron chi connectivity index (χ0n) is 15.8. The van der Waals surface area contributed by atoms with Gasteiger partial charge < -0.3 is 33.2 Å². The number of carbonyl (C=O) groups excluding carboxylic acids is 3. The summed E-state index contributed by atoms with van der Waals surface area (Å²) in [7, 11) is 0. The van der Waals surface area contributed by atoms with E-state index in [4.69, 9.17) is 33.2 Å². The van der Waals surface area contributed by atoms with Crippen molar-refractivity contribution in [2.45, 2.75) is 58.5 Å². The molecule has 2 atom stereocenters. The number of ether oxygens (including phenoxy) is 7. The summed E-state index contributed by atoms with van der Waals surface area (Å²) in [5.74, 6) is -2.91. The van der Waals surface area contributed by atoms with E-state index in [1.54, 1.807) is 27.7 Å². The average molecular weight is 388 g/mol. The van der Waals surface area contributed by atoms with E-state index in [0.717, 1.165) is 0 Å². The molecule has 0 aromatic carbocycles. The molecule has 27 heavy (non-hydrogen) atoms. The number of carbonyl (C=O) groups is 3. The lowest BCUT2D eigenvalue weighted by molar-refractivity contribution is -0.167. The lowest BCUT2D eigenvalue weighted by Gasteiger charge is -2.21. The third-order valence-electron chi connectivity index (χ3n) is 3.70. The molecule has 0 aromatic rings. The van der Waals surface area contributed by atoms with Gasteiger partial charge in [0.2, 0.25) is 19.3 Å². The molecular formula is C17H24O10. The van der Waals surface area contributed by atoms with E-state index in [2.05, 4.69) is 0 Å².